The molecule has 0 fully saturated rings. The third-order valence-electron chi connectivity index (χ3n) is 2.88. The van der Waals surface area contributed by atoms with E-state index in [1.165, 1.54) is 0 Å². The summed E-state index contributed by atoms with van der Waals surface area (Å²) in [6, 6.07) is 3.86. The first-order chi connectivity index (χ1) is 8.70. The van der Waals surface area contributed by atoms with Crippen molar-refractivity contribution in [2.24, 2.45) is 0 Å². The molecule has 0 aromatic heterocycles. The van der Waals surface area contributed by atoms with E-state index >= 15 is 0 Å². The van der Waals surface area contributed by atoms with Crippen LogP contribution in [-0.2, 0) is 17.7 Å². The molecule has 5 heteroatoms. The molecule has 0 saturated heterocycles. The number of aliphatic hydroxyl groups is 1. The van der Waals surface area contributed by atoms with Crippen molar-refractivity contribution < 1.29 is 14.6 Å². The molecule has 1 heterocycles. The predicted octanol–water partition coefficient (Wildman–Crippen LogP) is 1.37. The standard InChI is InChI=1S/C13H18ClNO3/c1-17-8-12(16)7-15-6-10-5-11(14)4-9-2-3-18-13(9)10/h4-5,12,15-16H,2-3,6-8H2,1H3. The van der Waals surface area contributed by atoms with Crippen LogP contribution in [0.25, 0.3) is 0 Å². The van der Waals surface area contributed by atoms with Crippen molar-refractivity contribution in [1.82, 2.24) is 5.32 Å². The minimum Gasteiger partial charge on any atom is -0.493 e. The molecule has 0 bridgehead atoms. The molecule has 0 aliphatic carbocycles. The van der Waals surface area contributed by atoms with Gasteiger partial charge in [0.05, 0.1) is 19.3 Å². The second-order valence-corrected chi connectivity index (χ2v) is 4.83. The molecule has 0 spiro atoms. The fourth-order valence-electron chi connectivity index (χ4n) is 2.10. The van der Waals surface area contributed by atoms with Gasteiger partial charge in [-0.15, -0.1) is 0 Å². The lowest BCUT2D eigenvalue weighted by molar-refractivity contribution is 0.0644. The first-order valence-electron chi connectivity index (χ1n) is 6.02. The van der Waals surface area contributed by atoms with Gasteiger partial charge in [-0.25, -0.2) is 0 Å². The number of hydrogen-bond acceptors (Lipinski definition) is 4. The van der Waals surface area contributed by atoms with E-state index < -0.39 is 6.10 Å². The summed E-state index contributed by atoms with van der Waals surface area (Å²) in [5.41, 5.74) is 2.20. The Labute approximate surface area is 112 Å². The number of aliphatic hydroxyl groups excluding tert-OH is 1. The Morgan fingerprint density at radius 3 is 3.17 bits per heavy atom. The lowest BCUT2D eigenvalue weighted by atomic mass is 10.1. The van der Waals surface area contributed by atoms with Crippen LogP contribution < -0.4 is 10.1 Å². The van der Waals surface area contributed by atoms with Gasteiger partial charge in [0.25, 0.3) is 0 Å². The molecular weight excluding hydrogens is 254 g/mol. The van der Waals surface area contributed by atoms with Crippen molar-refractivity contribution in [3.05, 3.63) is 28.3 Å². The van der Waals surface area contributed by atoms with E-state index in [9.17, 15) is 5.11 Å². The maximum absolute atomic E-state index is 9.53. The number of methoxy groups -OCH3 is 1. The topological polar surface area (TPSA) is 50.7 Å². The van der Waals surface area contributed by atoms with Crippen LogP contribution in [0.1, 0.15) is 11.1 Å². The highest BCUT2D eigenvalue weighted by Crippen LogP contribution is 2.32. The van der Waals surface area contributed by atoms with Gasteiger partial charge in [0.1, 0.15) is 5.75 Å². The van der Waals surface area contributed by atoms with Crippen LogP contribution in [0.5, 0.6) is 5.75 Å². The lowest BCUT2D eigenvalue weighted by Crippen LogP contribution is -2.29. The van der Waals surface area contributed by atoms with Crippen LogP contribution in [0.15, 0.2) is 12.1 Å². The molecule has 1 aliphatic rings. The molecule has 1 aliphatic heterocycles. The molecule has 1 aromatic rings. The zero-order valence-corrected chi connectivity index (χ0v) is 11.2. The first kappa shape index (κ1) is 13.6. The average Bonchev–Trinajstić information content (AvgIpc) is 2.77. The van der Waals surface area contributed by atoms with E-state index in [2.05, 4.69) is 5.32 Å². The largest absolute Gasteiger partial charge is 0.493 e. The Morgan fingerprint density at radius 2 is 2.39 bits per heavy atom. The van der Waals surface area contributed by atoms with Crippen LogP contribution in [0.3, 0.4) is 0 Å². The Bertz CT molecular complexity index is 411. The van der Waals surface area contributed by atoms with E-state index in [-0.39, 0.29) is 0 Å². The Morgan fingerprint density at radius 1 is 1.56 bits per heavy atom. The van der Waals surface area contributed by atoms with Crippen LogP contribution in [0, 0.1) is 0 Å². The molecule has 0 saturated carbocycles. The van der Waals surface area contributed by atoms with Gasteiger partial charge in [0.2, 0.25) is 0 Å². The van der Waals surface area contributed by atoms with Crippen LogP contribution in [0.4, 0.5) is 0 Å². The summed E-state index contributed by atoms with van der Waals surface area (Å²) in [7, 11) is 1.57. The van der Waals surface area contributed by atoms with Crippen molar-refractivity contribution in [2.75, 3.05) is 26.9 Å². The van der Waals surface area contributed by atoms with E-state index in [0.717, 1.165) is 34.9 Å². The van der Waals surface area contributed by atoms with Crippen LogP contribution >= 0.6 is 11.6 Å². The van der Waals surface area contributed by atoms with Gasteiger partial charge in [-0.2, -0.15) is 0 Å². The minimum absolute atomic E-state index is 0.331. The number of halogens is 1. The van der Waals surface area contributed by atoms with E-state index in [0.29, 0.717) is 19.7 Å². The zero-order chi connectivity index (χ0) is 13.0. The summed E-state index contributed by atoms with van der Waals surface area (Å²) in [5, 5.41) is 13.4. The summed E-state index contributed by atoms with van der Waals surface area (Å²) >= 11 is 6.07. The zero-order valence-electron chi connectivity index (χ0n) is 10.4. The maximum Gasteiger partial charge on any atom is 0.127 e. The fourth-order valence-corrected chi connectivity index (χ4v) is 2.37. The summed E-state index contributed by atoms with van der Waals surface area (Å²) in [4.78, 5) is 0. The number of benzene rings is 1. The van der Waals surface area contributed by atoms with Gasteiger partial charge in [-0.1, -0.05) is 11.6 Å². The molecule has 18 heavy (non-hydrogen) atoms. The highest BCUT2D eigenvalue weighted by Gasteiger charge is 2.17. The Balaban J connectivity index is 1.93. The van der Waals surface area contributed by atoms with E-state index in [4.69, 9.17) is 21.1 Å². The second kappa shape index (κ2) is 6.38. The predicted molar refractivity (Wildman–Crippen MR) is 70.2 cm³/mol. The smallest absolute Gasteiger partial charge is 0.127 e. The van der Waals surface area contributed by atoms with Crippen LogP contribution in [0.2, 0.25) is 5.02 Å². The molecule has 1 aromatic carbocycles. The first-order valence-corrected chi connectivity index (χ1v) is 6.40. The number of nitrogens with one attached hydrogen (secondary N) is 1. The molecule has 1 atom stereocenters. The molecule has 2 rings (SSSR count). The van der Waals surface area contributed by atoms with Gasteiger partial charge in [-0.05, 0) is 17.7 Å². The highest BCUT2D eigenvalue weighted by atomic mass is 35.5. The highest BCUT2D eigenvalue weighted by molar-refractivity contribution is 6.30. The average molecular weight is 272 g/mol. The monoisotopic (exact) mass is 271 g/mol. The number of ether oxygens (including phenoxy) is 2. The summed E-state index contributed by atoms with van der Waals surface area (Å²) in [6.45, 7) is 2.16. The van der Waals surface area contributed by atoms with Gasteiger partial charge in [-0.3, -0.25) is 0 Å². The molecular formula is C13H18ClNO3. The molecule has 0 amide bonds. The molecule has 2 N–H and O–H groups in total. The Hall–Kier alpha value is -0.810. The van der Waals surface area contributed by atoms with Gasteiger partial charge in [0, 0.05) is 37.2 Å². The summed E-state index contributed by atoms with van der Waals surface area (Å²) in [5.74, 6) is 0.938. The lowest BCUT2D eigenvalue weighted by Gasteiger charge is -2.13. The third kappa shape index (κ3) is 3.36. The Kier molecular flexibility index (Phi) is 4.83. The quantitative estimate of drug-likeness (QED) is 0.821. The maximum atomic E-state index is 9.53. The SMILES string of the molecule is COCC(O)CNCc1cc(Cl)cc2c1OCC2. The van der Waals surface area contributed by atoms with Crippen molar-refractivity contribution in [1.29, 1.82) is 0 Å². The molecule has 0 radical (unpaired) electrons. The van der Waals surface area contributed by atoms with Crippen LogP contribution in [-0.4, -0.2) is 38.1 Å². The molecule has 1 unspecified atom stereocenters. The fraction of sp³-hybridized carbons (Fsp3) is 0.538. The van der Waals surface area contributed by atoms with Crippen molar-refractivity contribution >= 4 is 11.6 Å². The van der Waals surface area contributed by atoms with Gasteiger partial charge >= 0.3 is 0 Å². The van der Waals surface area contributed by atoms with E-state index in [1.54, 1.807) is 7.11 Å². The van der Waals surface area contributed by atoms with E-state index in [1.807, 2.05) is 12.1 Å². The summed E-state index contributed by atoms with van der Waals surface area (Å²) < 4.78 is 10.5. The molecule has 4 nitrogen and oxygen atoms in total. The van der Waals surface area contributed by atoms with Crippen molar-refractivity contribution in [3.8, 4) is 5.75 Å². The summed E-state index contributed by atoms with van der Waals surface area (Å²) in [6.07, 6.45) is 0.415. The van der Waals surface area contributed by atoms with Crippen molar-refractivity contribution in [2.45, 2.75) is 19.1 Å². The van der Waals surface area contributed by atoms with Gasteiger partial charge < -0.3 is 19.9 Å². The molecule has 100 valence electrons. The third-order valence-corrected chi connectivity index (χ3v) is 3.10. The number of hydrogen-bond donors (Lipinski definition) is 2. The van der Waals surface area contributed by atoms with Crippen molar-refractivity contribution in [3.63, 3.8) is 0 Å². The number of rotatable bonds is 6. The number of fused-ring (bicyclic) bond motifs is 1. The van der Waals surface area contributed by atoms with Gasteiger partial charge in [0.15, 0.2) is 0 Å². The minimum atomic E-state index is -0.497. The second-order valence-electron chi connectivity index (χ2n) is 4.39. The normalized spacial score (nSPS) is 15.3.